The van der Waals surface area contributed by atoms with E-state index in [-0.39, 0.29) is 0 Å². The van der Waals surface area contributed by atoms with Crippen molar-refractivity contribution in [2.45, 2.75) is 52.6 Å². The molecule has 0 aromatic heterocycles. The summed E-state index contributed by atoms with van der Waals surface area (Å²) in [7, 11) is 0. The van der Waals surface area contributed by atoms with Crippen LogP contribution in [0.15, 0.2) is 0 Å². The topological polar surface area (TPSA) is 18.5 Å². The highest BCUT2D eigenvalue weighted by Crippen LogP contribution is 2.13. The Hall–Kier alpha value is -0.120. The molecule has 102 valence electrons. The van der Waals surface area contributed by atoms with Gasteiger partial charge < -0.3 is 5.32 Å². The van der Waals surface area contributed by atoms with Crippen LogP contribution in [0.3, 0.4) is 0 Å². The molecule has 2 unspecified atom stereocenters. The van der Waals surface area contributed by atoms with Gasteiger partial charge in [-0.25, -0.2) is 0 Å². The molecule has 3 nitrogen and oxygen atoms in total. The van der Waals surface area contributed by atoms with Crippen molar-refractivity contribution in [1.29, 1.82) is 0 Å². The van der Waals surface area contributed by atoms with Crippen LogP contribution in [0, 0.1) is 0 Å². The smallest absolute Gasteiger partial charge is 0.0219 e. The monoisotopic (exact) mass is 241 g/mol. The van der Waals surface area contributed by atoms with E-state index in [2.05, 4.69) is 42.8 Å². The second-order valence-electron chi connectivity index (χ2n) is 5.24. The van der Waals surface area contributed by atoms with E-state index in [0.29, 0.717) is 6.04 Å². The van der Waals surface area contributed by atoms with Crippen LogP contribution in [0.25, 0.3) is 0 Å². The normalized spacial score (nSPS) is 25.1. The molecule has 0 aromatic rings. The van der Waals surface area contributed by atoms with Gasteiger partial charge in [0.15, 0.2) is 0 Å². The van der Waals surface area contributed by atoms with E-state index in [4.69, 9.17) is 0 Å². The third-order valence-corrected chi connectivity index (χ3v) is 4.00. The van der Waals surface area contributed by atoms with Gasteiger partial charge in [0.25, 0.3) is 0 Å². The number of piperazine rings is 1. The van der Waals surface area contributed by atoms with Gasteiger partial charge in [-0.2, -0.15) is 0 Å². The predicted molar refractivity (Wildman–Crippen MR) is 75.5 cm³/mol. The third kappa shape index (κ3) is 4.57. The summed E-state index contributed by atoms with van der Waals surface area (Å²) in [4.78, 5) is 5.27. The van der Waals surface area contributed by atoms with Crippen molar-refractivity contribution < 1.29 is 0 Å². The Morgan fingerprint density at radius 2 is 2.00 bits per heavy atom. The molecule has 0 bridgehead atoms. The molecule has 3 heteroatoms. The van der Waals surface area contributed by atoms with Crippen molar-refractivity contribution in [3.05, 3.63) is 0 Å². The standard InChI is InChI=1S/C14H31N3/c1-5-8-15-11-14(6-2)17-10-9-16(7-3)13(4)12-17/h13-15H,5-12H2,1-4H3. The van der Waals surface area contributed by atoms with Crippen LogP contribution in [0.4, 0.5) is 0 Å². The first-order valence-electron chi connectivity index (χ1n) is 7.41. The first kappa shape index (κ1) is 14.9. The van der Waals surface area contributed by atoms with Gasteiger partial charge in [-0.05, 0) is 32.9 Å². The van der Waals surface area contributed by atoms with Gasteiger partial charge in [0.2, 0.25) is 0 Å². The Bertz CT molecular complexity index is 196. The van der Waals surface area contributed by atoms with E-state index in [9.17, 15) is 0 Å². The van der Waals surface area contributed by atoms with Crippen molar-refractivity contribution in [3.63, 3.8) is 0 Å². The van der Waals surface area contributed by atoms with Crippen LogP contribution in [0.5, 0.6) is 0 Å². The van der Waals surface area contributed by atoms with E-state index in [1.54, 1.807) is 0 Å². The molecule has 1 saturated heterocycles. The lowest BCUT2D eigenvalue weighted by Gasteiger charge is -2.43. The Labute approximate surface area is 108 Å². The minimum Gasteiger partial charge on any atom is -0.315 e. The molecule has 2 atom stereocenters. The molecule has 0 spiro atoms. The summed E-state index contributed by atoms with van der Waals surface area (Å²) in [5, 5.41) is 3.57. The largest absolute Gasteiger partial charge is 0.315 e. The molecule has 1 heterocycles. The highest BCUT2D eigenvalue weighted by molar-refractivity contribution is 4.83. The van der Waals surface area contributed by atoms with E-state index < -0.39 is 0 Å². The first-order valence-corrected chi connectivity index (χ1v) is 7.41. The fourth-order valence-corrected chi connectivity index (χ4v) is 2.80. The van der Waals surface area contributed by atoms with Crippen molar-refractivity contribution >= 4 is 0 Å². The zero-order chi connectivity index (χ0) is 12.7. The van der Waals surface area contributed by atoms with Crippen molar-refractivity contribution in [2.75, 3.05) is 39.3 Å². The Kier molecular flexibility index (Phi) is 7.09. The van der Waals surface area contributed by atoms with Gasteiger partial charge in [-0.15, -0.1) is 0 Å². The number of hydrogen-bond acceptors (Lipinski definition) is 3. The maximum absolute atomic E-state index is 3.57. The summed E-state index contributed by atoms with van der Waals surface area (Å²) < 4.78 is 0. The zero-order valence-corrected chi connectivity index (χ0v) is 12.2. The Morgan fingerprint density at radius 3 is 2.53 bits per heavy atom. The molecule has 0 amide bonds. The van der Waals surface area contributed by atoms with Crippen LogP contribution in [0.1, 0.15) is 40.5 Å². The van der Waals surface area contributed by atoms with Gasteiger partial charge in [0.05, 0.1) is 0 Å². The summed E-state index contributed by atoms with van der Waals surface area (Å²) in [6.07, 6.45) is 2.49. The zero-order valence-electron chi connectivity index (χ0n) is 12.2. The highest BCUT2D eigenvalue weighted by Gasteiger charge is 2.26. The lowest BCUT2D eigenvalue weighted by Crippen LogP contribution is -2.56. The molecule has 17 heavy (non-hydrogen) atoms. The number of rotatable bonds is 7. The molecule has 1 fully saturated rings. The van der Waals surface area contributed by atoms with Gasteiger partial charge >= 0.3 is 0 Å². The maximum Gasteiger partial charge on any atom is 0.0219 e. The molecule has 0 aromatic carbocycles. The number of nitrogens with one attached hydrogen (secondary N) is 1. The van der Waals surface area contributed by atoms with Gasteiger partial charge in [-0.3, -0.25) is 9.80 Å². The average Bonchev–Trinajstić information content (AvgIpc) is 2.35. The van der Waals surface area contributed by atoms with Crippen LogP contribution in [0.2, 0.25) is 0 Å². The van der Waals surface area contributed by atoms with Gasteiger partial charge in [-0.1, -0.05) is 20.8 Å². The minimum atomic E-state index is 0.717. The van der Waals surface area contributed by atoms with Crippen molar-refractivity contribution in [2.24, 2.45) is 0 Å². The van der Waals surface area contributed by atoms with E-state index in [1.165, 1.54) is 39.0 Å². The number of nitrogens with zero attached hydrogens (tertiary/aromatic N) is 2. The predicted octanol–water partition coefficient (Wildman–Crippen LogP) is 1.79. The summed E-state index contributed by atoms with van der Waals surface area (Å²) in [6.45, 7) is 16.4. The summed E-state index contributed by atoms with van der Waals surface area (Å²) in [5.41, 5.74) is 0. The molecule has 1 rings (SSSR count). The van der Waals surface area contributed by atoms with Gasteiger partial charge in [0, 0.05) is 38.3 Å². The third-order valence-electron chi connectivity index (χ3n) is 4.00. The summed E-state index contributed by atoms with van der Waals surface area (Å²) >= 11 is 0. The highest BCUT2D eigenvalue weighted by atomic mass is 15.3. The SMILES string of the molecule is CCCNCC(CC)N1CCN(CC)C(C)C1. The lowest BCUT2D eigenvalue weighted by atomic mass is 10.1. The van der Waals surface area contributed by atoms with E-state index in [0.717, 1.165) is 19.1 Å². The molecule has 1 aliphatic heterocycles. The fraction of sp³-hybridized carbons (Fsp3) is 1.00. The molecular formula is C14H31N3. The van der Waals surface area contributed by atoms with E-state index >= 15 is 0 Å². The van der Waals surface area contributed by atoms with Crippen molar-refractivity contribution in [3.8, 4) is 0 Å². The molecule has 0 saturated carbocycles. The summed E-state index contributed by atoms with van der Waals surface area (Å²) in [6, 6.07) is 1.44. The summed E-state index contributed by atoms with van der Waals surface area (Å²) in [5.74, 6) is 0. The van der Waals surface area contributed by atoms with Crippen molar-refractivity contribution in [1.82, 2.24) is 15.1 Å². The number of hydrogen-bond donors (Lipinski definition) is 1. The fourth-order valence-electron chi connectivity index (χ4n) is 2.80. The lowest BCUT2D eigenvalue weighted by molar-refractivity contribution is 0.0572. The first-order chi connectivity index (χ1) is 8.22. The molecule has 0 aliphatic carbocycles. The van der Waals surface area contributed by atoms with Crippen LogP contribution >= 0.6 is 0 Å². The average molecular weight is 241 g/mol. The Morgan fingerprint density at radius 1 is 1.24 bits per heavy atom. The second kappa shape index (κ2) is 8.06. The quantitative estimate of drug-likeness (QED) is 0.686. The molecular weight excluding hydrogens is 210 g/mol. The van der Waals surface area contributed by atoms with Crippen LogP contribution in [-0.2, 0) is 0 Å². The van der Waals surface area contributed by atoms with E-state index in [1.807, 2.05) is 0 Å². The van der Waals surface area contributed by atoms with Crippen LogP contribution in [-0.4, -0.2) is 61.2 Å². The van der Waals surface area contributed by atoms with Gasteiger partial charge in [0.1, 0.15) is 0 Å². The van der Waals surface area contributed by atoms with Crippen LogP contribution < -0.4 is 5.32 Å². The second-order valence-corrected chi connectivity index (χ2v) is 5.24. The number of likely N-dealkylation sites (N-methyl/N-ethyl adjacent to an activating group) is 1. The maximum atomic E-state index is 3.57. The Balaban J connectivity index is 2.37. The molecule has 1 aliphatic rings. The molecule has 1 N–H and O–H groups in total. The minimum absolute atomic E-state index is 0.717. The molecule has 0 radical (unpaired) electrons.